The summed E-state index contributed by atoms with van der Waals surface area (Å²) in [6, 6.07) is 0.313. The minimum atomic E-state index is -0.919. The molecule has 2 aliphatic rings. The van der Waals surface area contributed by atoms with Gasteiger partial charge in [-0.25, -0.2) is 4.79 Å². The number of likely N-dealkylation sites (tertiary alicyclic amines) is 1. The third kappa shape index (κ3) is 3.15. The van der Waals surface area contributed by atoms with Crippen molar-refractivity contribution in [2.45, 2.75) is 57.5 Å². The smallest absolute Gasteiger partial charge is 0.323 e. The van der Waals surface area contributed by atoms with Gasteiger partial charge in [-0.05, 0) is 32.6 Å². The van der Waals surface area contributed by atoms with Crippen LogP contribution in [0.25, 0.3) is 0 Å². The van der Waals surface area contributed by atoms with Crippen LogP contribution in [0.1, 0.15) is 45.4 Å². The van der Waals surface area contributed by atoms with E-state index in [9.17, 15) is 9.59 Å². The second-order valence-electron chi connectivity index (χ2n) is 5.43. The number of aliphatic carboxylic acids is 1. The van der Waals surface area contributed by atoms with Gasteiger partial charge in [0, 0.05) is 18.6 Å². The fraction of sp³-hybridized carbons (Fsp3) is 0.846. The maximum Gasteiger partial charge on any atom is 0.323 e. The summed E-state index contributed by atoms with van der Waals surface area (Å²) in [7, 11) is 0. The SMILES string of the molecule is CC1CCCCCN1C(=O)N(CC(=O)O)C1CC1. The lowest BCUT2D eigenvalue weighted by molar-refractivity contribution is -0.137. The Morgan fingerprint density at radius 2 is 1.94 bits per heavy atom. The van der Waals surface area contributed by atoms with E-state index >= 15 is 0 Å². The highest BCUT2D eigenvalue weighted by atomic mass is 16.4. The Morgan fingerprint density at radius 3 is 2.56 bits per heavy atom. The number of rotatable bonds is 3. The highest BCUT2D eigenvalue weighted by Gasteiger charge is 2.37. The van der Waals surface area contributed by atoms with Crippen LogP contribution in [0, 0.1) is 0 Å². The zero-order valence-electron chi connectivity index (χ0n) is 11.0. The molecule has 0 aromatic heterocycles. The van der Waals surface area contributed by atoms with Gasteiger partial charge in [0.05, 0.1) is 0 Å². The molecule has 1 atom stereocenters. The lowest BCUT2D eigenvalue weighted by atomic mass is 10.1. The van der Waals surface area contributed by atoms with Crippen LogP contribution in [-0.2, 0) is 4.79 Å². The molecule has 0 aromatic rings. The van der Waals surface area contributed by atoms with Crippen molar-refractivity contribution in [1.29, 1.82) is 0 Å². The van der Waals surface area contributed by atoms with Crippen LogP contribution in [0.5, 0.6) is 0 Å². The number of urea groups is 1. The molecule has 1 saturated carbocycles. The molecule has 2 fully saturated rings. The molecular formula is C13H22N2O3. The lowest BCUT2D eigenvalue weighted by Crippen LogP contribution is -2.49. The molecule has 2 rings (SSSR count). The Labute approximate surface area is 108 Å². The van der Waals surface area contributed by atoms with Crippen molar-refractivity contribution in [2.24, 2.45) is 0 Å². The molecule has 5 heteroatoms. The van der Waals surface area contributed by atoms with Crippen LogP contribution in [0.2, 0.25) is 0 Å². The topological polar surface area (TPSA) is 60.9 Å². The maximum absolute atomic E-state index is 12.5. The number of hydrogen-bond donors (Lipinski definition) is 1. The summed E-state index contributed by atoms with van der Waals surface area (Å²) in [6.45, 7) is 2.67. The predicted octanol–water partition coefficient (Wildman–Crippen LogP) is 1.92. The second kappa shape index (κ2) is 5.59. The van der Waals surface area contributed by atoms with Gasteiger partial charge in [-0.2, -0.15) is 0 Å². The minimum absolute atomic E-state index is 0.0747. The molecule has 102 valence electrons. The van der Waals surface area contributed by atoms with Crippen molar-refractivity contribution < 1.29 is 14.7 Å². The van der Waals surface area contributed by atoms with Crippen LogP contribution in [0.15, 0.2) is 0 Å². The highest BCUT2D eigenvalue weighted by Crippen LogP contribution is 2.29. The second-order valence-corrected chi connectivity index (χ2v) is 5.43. The molecule has 5 nitrogen and oxygen atoms in total. The molecule has 1 saturated heterocycles. The van der Waals surface area contributed by atoms with Crippen molar-refractivity contribution >= 4 is 12.0 Å². The van der Waals surface area contributed by atoms with Crippen LogP contribution in [-0.4, -0.2) is 52.1 Å². The first-order chi connectivity index (χ1) is 8.59. The van der Waals surface area contributed by atoms with Gasteiger partial charge in [0.15, 0.2) is 0 Å². The van der Waals surface area contributed by atoms with E-state index in [0.717, 1.165) is 45.1 Å². The van der Waals surface area contributed by atoms with Crippen molar-refractivity contribution in [2.75, 3.05) is 13.1 Å². The zero-order valence-corrected chi connectivity index (χ0v) is 11.0. The van der Waals surface area contributed by atoms with Crippen LogP contribution in [0.4, 0.5) is 4.79 Å². The molecule has 18 heavy (non-hydrogen) atoms. The van der Waals surface area contributed by atoms with Gasteiger partial charge in [0.2, 0.25) is 0 Å². The summed E-state index contributed by atoms with van der Waals surface area (Å²) in [5.74, 6) is -0.919. The fourth-order valence-corrected chi connectivity index (χ4v) is 2.61. The standard InChI is InChI=1S/C13H22N2O3/c1-10-5-3-2-4-8-14(10)13(18)15(9-12(16)17)11-6-7-11/h10-11H,2-9H2,1H3,(H,16,17). The van der Waals surface area contributed by atoms with Gasteiger partial charge >= 0.3 is 12.0 Å². The average Bonchev–Trinajstić information content (AvgIpc) is 3.12. The van der Waals surface area contributed by atoms with Crippen LogP contribution in [0.3, 0.4) is 0 Å². The van der Waals surface area contributed by atoms with Crippen LogP contribution >= 0.6 is 0 Å². The molecule has 1 aliphatic carbocycles. The number of carboxylic acid groups (broad SMARTS) is 1. The van der Waals surface area contributed by atoms with E-state index < -0.39 is 5.97 Å². The lowest BCUT2D eigenvalue weighted by Gasteiger charge is -2.33. The maximum atomic E-state index is 12.5. The molecule has 1 N–H and O–H groups in total. The van der Waals surface area contributed by atoms with Crippen LogP contribution < -0.4 is 0 Å². The van der Waals surface area contributed by atoms with E-state index in [1.54, 1.807) is 4.90 Å². The number of amides is 2. The van der Waals surface area contributed by atoms with Crippen molar-refractivity contribution in [3.8, 4) is 0 Å². The molecular weight excluding hydrogens is 232 g/mol. The van der Waals surface area contributed by atoms with E-state index in [4.69, 9.17) is 5.11 Å². The Hall–Kier alpha value is -1.26. The molecule has 0 bridgehead atoms. The Morgan fingerprint density at radius 1 is 1.22 bits per heavy atom. The minimum Gasteiger partial charge on any atom is -0.480 e. The molecule has 1 aliphatic heterocycles. The van der Waals surface area contributed by atoms with Gasteiger partial charge in [0.1, 0.15) is 6.54 Å². The fourth-order valence-electron chi connectivity index (χ4n) is 2.61. The Bertz CT molecular complexity index is 328. The molecule has 0 spiro atoms. The summed E-state index contributed by atoms with van der Waals surface area (Å²) < 4.78 is 0. The predicted molar refractivity (Wildman–Crippen MR) is 67.4 cm³/mol. The first kappa shape index (κ1) is 13.2. The third-order valence-electron chi connectivity index (χ3n) is 3.84. The molecule has 0 radical (unpaired) electrons. The van der Waals surface area contributed by atoms with Gasteiger partial charge in [-0.3, -0.25) is 4.79 Å². The highest BCUT2D eigenvalue weighted by molar-refractivity contribution is 5.81. The largest absolute Gasteiger partial charge is 0.480 e. The van der Waals surface area contributed by atoms with E-state index in [0.29, 0.717) is 0 Å². The van der Waals surface area contributed by atoms with Gasteiger partial charge in [-0.15, -0.1) is 0 Å². The van der Waals surface area contributed by atoms with Gasteiger partial charge in [0.25, 0.3) is 0 Å². The van der Waals surface area contributed by atoms with Crippen molar-refractivity contribution in [1.82, 2.24) is 9.80 Å². The summed E-state index contributed by atoms with van der Waals surface area (Å²) in [6.07, 6.45) is 6.27. The monoisotopic (exact) mass is 254 g/mol. The summed E-state index contributed by atoms with van der Waals surface area (Å²) in [5, 5.41) is 8.92. The molecule has 2 amide bonds. The first-order valence-electron chi connectivity index (χ1n) is 6.88. The Balaban J connectivity index is 2.03. The van der Waals surface area contributed by atoms with E-state index in [-0.39, 0.29) is 24.7 Å². The van der Waals surface area contributed by atoms with Gasteiger partial charge < -0.3 is 14.9 Å². The average molecular weight is 254 g/mol. The van der Waals surface area contributed by atoms with E-state index in [1.165, 1.54) is 0 Å². The number of carbonyl (C=O) groups is 2. The third-order valence-corrected chi connectivity index (χ3v) is 3.84. The molecule has 1 heterocycles. The number of carboxylic acids is 1. The first-order valence-corrected chi connectivity index (χ1v) is 6.88. The zero-order chi connectivity index (χ0) is 13.1. The number of nitrogens with zero attached hydrogens (tertiary/aromatic N) is 2. The van der Waals surface area contributed by atoms with Gasteiger partial charge in [-0.1, -0.05) is 12.8 Å². The molecule has 1 unspecified atom stereocenters. The van der Waals surface area contributed by atoms with Crippen molar-refractivity contribution in [3.63, 3.8) is 0 Å². The molecule has 0 aromatic carbocycles. The van der Waals surface area contributed by atoms with Crippen molar-refractivity contribution in [3.05, 3.63) is 0 Å². The normalized spacial score (nSPS) is 24.5. The quantitative estimate of drug-likeness (QED) is 0.837. The summed E-state index contributed by atoms with van der Waals surface area (Å²) in [5.41, 5.74) is 0. The summed E-state index contributed by atoms with van der Waals surface area (Å²) in [4.78, 5) is 26.7. The summed E-state index contributed by atoms with van der Waals surface area (Å²) >= 11 is 0. The Kier molecular flexibility index (Phi) is 4.09. The number of hydrogen-bond acceptors (Lipinski definition) is 2. The van der Waals surface area contributed by atoms with E-state index in [1.807, 2.05) is 4.90 Å². The van der Waals surface area contributed by atoms with E-state index in [2.05, 4.69) is 6.92 Å². The number of carbonyl (C=O) groups excluding carboxylic acids is 1.